The Hall–Kier alpha value is -3.32. The van der Waals surface area contributed by atoms with Gasteiger partial charge in [-0.25, -0.2) is 4.79 Å². The Kier molecular flexibility index (Phi) is 8.90. The highest BCUT2D eigenvalue weighted by molar-refractivity contribution is 6.35. The van der Waals surface area contributed by atoms with Gasteiger partial charge in [-0.2, -0.15) is 0 Å². The minimum atomic E-state index is -1.03. The van der Waals surface area contributed by atoms with Crippen LogP contribution in [0.4, 0.5) is 0 Å². The number of esters is 1. The van der Waals surface area contributed by atoms with Crippen LogP contribution in [0.25, 0.3) is 10.9 Å². The first-order valence-corrected chi connectivity index (χ1v) is 9.47. The van der Waals surface area contributed by atoms with E-state index in [0.717, 1.165) is 11.1 Å². The molecule has 0 aliphatic carbocycles. The number of carboxylic acids is 1. The maximum absolute atomic E-state index is 10.6. The average molecular weight is 432 g/mol. The normalized spacial score (nSPS) is 11.0. The number of hydrogen-bond donors (Lipinski definition) is 1. The lowest BCUT2D eigenvalue weighted by molar-refractivity contribution is -0.146. The number of nitrogens with zero attached hydrogens (tertiary/aromatic N) is 1. The van der Waals surface area contributed by atoms with Crippen LogP contribution in [0.5, 0.6) is 11.5 Å². The Labute approximate surface area is 179 Å². The van der Waals surface area contributed by atoms with Crippen LogP contribution in [0.15, 0.2) is 60.8 Å². The highest BCUT2D eigenvalue weighted by Gasteiger charge is 2.08. The van der Waals surface area contributed by atoms with E-state index in [0.29, 0.717) is 22.9 Å². The molecular weight excluding hydrogens is 410 g/mol. The molecule has 0 saturated heterocycles. The standard InChI is InChI=1S/C11H8ClNO3.C11H14O3/c12-8-3-4-9(16-6-10(14)15)11-7(8)2-1-5-13-11;1-9(14-10(2)12)8-13-11-6-4-3-5-7-11/h1-5H,6H2,(H,14,15);3-7,9H,8H2,1-2H3. The van der Waals surface area contributed by atoms with Crippen LogP contribution in [0.2, 0.25) is 5.02 Å². The van der Waals surface area contributed by atoms with Crippen LogP contribution in [-0.2, 0) is 14.3 Å². The Bertz CT molecular complexity index is 980. The third-order valence-corrected chi connectivity index (χ3v) is 3.96. The molecule has 3 rings (SSSR count). The molecule has 1 atom stereocenters. The third kappa shape index (κ3) is 7.60. The molecule has 0 radical (unpaired) electrons. The first-order valence-electron chi connectivity index (χ1n) is 9.09. The third-order valence-electron chi connectivity index (χ3n) is 3.63. The van der Waals surface area contributed by atoms with Gasteiger partial charge in [0.25, 0.3) is 0 Å². The van der Waals surface area contributed by atoms with E-state index in [1.165, 1.54) is 6.92 Å². The smallest absolute Gasteiger partial charge is 0.341 e. The molecular formula is C22H22ClNO6. The van der Waals surface area contributed by atoms with Gasteiger partial charge in [-0.05, 0) is 43.3 Å². The van der Waals surface area contributed by atoms with Crippen molar-refractivity contribution in [2.45, 2.75) is 20.0 Å². The van der Waals surface area contributed by atoms with E-state index in [4.69, 9.17) is 30.9 Å². The van der Waals surface area contributed by atoms with E-state index in [-0.39, 0.29) is 12.1 Å². The molecule has 0 fully saturated rings. The largest absolute Gasteiger partial charge is 0.490 e. The molecule has 7 nitrogen and oxygen atoms in total. The van der Waals surface area contributed by atoms with E-state index in [1.54, 1.807) is 37.4 Å². The van der Waals surface area contributed by atoms with Crippen molar-refractivity contribution in [3.8, 4) is 11.5 Å². The Balaban J connectivity index is 0.000000216. The fourth-order valence-electron chi connectivity index (χ4n) is 2.42. The maximum Gasteiger partial charge on any atom is 0.341 e. The summed E-state index contributed by atoms with van der Waals surface area (Å²) in [5.74, 6) is -0.109. The Morgan fingerprint density at radius 3 is 2.47 bits per heavy atom. The number of ether oxygens (including phenoxy) is 3. The van der Waals surface area contributed by atoms with Crippen molar-refractivity contribution in [2.75, 3.05) is 13.2 Å². The number of hydrogen-bond acceptors (Lipinski definition) is 6. The minimum Gasteiger partial charge on any atom is -0.490 e. The minimum absolute atomic E-state index is 0.215. The Morgan fingerprint density at radius 1 is 1.07 bits per heavy atom. The molecule has 1 heterocycles. The number of aliphatic carboxylic acids is 1. The summed E-state index contributed by atoms with van der Waals surface area (Å²) in [6.45, 7) is 3.17. The summed E-state index contributed by atoms with van der Waals surface area (Å²) >= 11 is 5.98. The number of carboxylic acid groups (broad SMARTS) is 1. The van der Waals surface area contributed by atoms with E-state index in [1.807, 2.05) is 30.3 Å². The second-order valence-electron chi connectivity index (χ2n) is 6.17. The first kappa shape index (κ1) is 23.0. The molecule has 1 N–H and O–H groups in total. The van der Waals surface area contributed by atoms with Crippen LogP contribution < -0.4 is 9.47 Å². The molecule has 158 valence electrons. The van der Waals surface area contributed by atoms with Crippen molar-refractivity contribution in [1.29, 1.82) is 0 Å². The topological polar surface area (TPSA) is 95.0 Å². The number of fused-ring (bicyclic) bond motifs is 1. The molecule has 0 amide bonds. The molecule has 0 aliphatic heterocycles. The van der Waals surface area contributed by atoms with Crippen molar-refractivity contribution >= 4 is 34.4 Å². The fourth-order valence-corrected chi connectivity index (χ4v) is 2.63. The van der Waals surface area contributed by atoms with Crippen LogP contribution in [-0.4, -0.2) is 41.3 Å². The number of rotatable bonds is 7. The van der Waals surface area contributed by atoms with E-state index in [9.17, 15) is 9.59 Å². The number of para-hydroxylation sites is 1. The monoisotopic (exact) mass is 431 g/mol. The second-order valence-corrected chi connectivity index (χ2v) is 6.58. The van der Waals surface area contributed by atoms with E-state index in [2.05, 4.69) is 4.98 Å². The quantitative estimate of drug-likeness (QED) is 0.555. The molecule has 1 aromatic heterocycles. The van der Waals surface area contributed by atoms with Crippen LogP contribution in [0.1, 0.15) is 13.8 Å². The molecule has 2 aromatic carbocycles. The second kappa shape index (κ2) is 11.6. The van der Waals surface area contributed by atoms with Gasteiger partial charge in [0, 0.05) is 18.5 Å². The summed E-state index contributed by atoms with van der Waals surface area (Å²) in [5.41, 5.74) is 0.566. The summed E-state index contributed by atoms with van der Waals surface area (Å²) < 4.78 is 15.4. The van der Waals surface area contributed by atoms with Crippen molar-refractivity contribution < 1.29 is 28.9 Å². The van der Waals surface area contributed by atoms with Crippen molar-refractivity contribution in [1.82, 2.24) is 4.98 Å². The average Bonchev–Trinajstić information content (AvgIpc) is 2.73. The Morgan fingerprint density at radius 2 is 1.80 bits per heavy atom. The van der Waals surface area contributed by atoms with Gasteiger partial charge in [-0.1, -0.05) is 29.8 Å². The molecule has 0 bridgehead atoms. The number of carbonyl (C=O) groups excluding carboxylic acids is 1. The first-order chi connectivity index (χ1) is 14.4. The number of benzene rings is 2. The predicted molar refractivity (Wildman–Crippen MR) is 113 cm³/mol. The lowest BCUT2D eigenvalue weighted by atomic mass is 10.2. The zero-order chi connectivity index (χ0) is 21.9. The molecule has 0 saturated carbocycles. The van der Waals surface area contributed by atoms with Crippen molar-refractivity contribution in [2.24, 2.45) is 0 Å². The van der Waals surface area contributed by atoms with Gasteiger partial charge in [0.1, 0.15) is 29.7 Å². The molecule has 0 aliphatic rings. The van der Waals surface area contributed by atoms with Gasteiger partial charge in [0.05, 0.1) is 5.02 Å². The van der Waals surface area contributed by atoms with E-state index < -0.39 is 12.6 Å². The van der Waals surface area contributed by atoms with Crippen molar-refractivity contribution in [3.63, 3.8) is 0 Å². The number of aromatic nitrogens is 1. The van der Waals surface area contributed by atoms with Crippen LogP contribution >= 0.6 is 11.6 Å². The van der Waals surface area contributed by atoms with Gasteiger partial charge in [-0.3, -0.25) is 9.78 Å². The molecule has 3 aromatic rings. The molecule has 30 heavy (non-hydrogen) atoms. The maximum atomic E-state index is 10.6. The fraction of sp³-hybridized carbons (Fsp3) is 0.227. The molecule has 8 heteroatoms. The van der Waals surface area contributed by atoms with Gasteiger partial charge in [0.2, 0.25) is 0 Å². The molecule has 0 spiro atoms. The highest BCUT2D eigenvalue weighted by atomic mass is 35.5. The zero-order valence-electron chi connectivity index (χ0n) is 16.6. The van der Waals surface area contributed by atoms with Crippen molar-refractivity contribution in [3.05, 3.63) is 65.8 Å². The van der Waals surface area contributed by atoms with E-state index >= 15 is 0 Å². The lowest BCUT2D eigenvalue weighted by Crippen LogP contribution is -2.20. The summed E-state index contributed by atoms with van der Waals surface area (Å²) in [6.07, 6.45) is 1.39. The number of pyridine rings is 1. The SMILES string of the molecule is CC(=O)OC(C)COc1ccccc1.O=C(O)COc1ccc(Cl)c2cccnc12. The zero-order valence-corrected chi connectivity index (χ0v) is 17.3. The summed E-state index contributed by atoms with van der Waals surface area (Å²) in [5, 5.41) is 9.83. The van der Waals surface area contributed by atoms with Gasteiger partial charge >= 0.3 is 11.9 Å². The summed E-state index contributed by atoms with van der Waals surface area (Å²) in [4.78, 5) is 25.1. The predicted octanol–water partition coefficient (Wildman–Crippen LogP) is 4.37. The lowest BCUT2D eigenvalue weighted by Gasteiger charge is -2.12. The number of halogens is 1. The number of carbonyl (C=O) groups is 2. The van der Waals surface area contributed by atoms with Gasteiger partial charge in [0.15, 0.2) is 6.61 Å². The molecule has 1 unspecified atom stereocenters. The van der Waals surface area contributed by atoms with Crippen LogP contribution in [0, 0.1) is 0 Å². The van der Waals surface area contributed by atoms with Gasteiger partial charge in [-0.15, -0.1) is 0 Å². The summed E-state index contributed by atoms with van der Waals surface area (Å²) in [7, 11) is 0. The van der Waals surface area contributed by atoms with Gasteiger partial charge < -0.3 is 19.3 Å². The van der Waals surface area contributed by atoms with Crippen LogP contribution in [0.3, 0.4) is 0 Å². The summed E-state index contributed by atoms with van der Waals surface area (Å²) in [6, 6.07) is 16.3. The highest BCUT2D eigenvalue weighted by Crippen LogP contribution is 2.29.